The minimum Gasteiger partial charge on any atom is -0.497 e. The molecule has 0 unspecified atom stereocenters. The highest BCUT2D eigenvalue weighted by Crippen LogP contribution is 2.24. The monoisotopic (exact) mass is 373 g/mol. The maximum atomic E-state index is 12.5. The van der Waals surface area contributed by atoms with E-state index >= 15 is 0 Å². The van der Waals surface area contributed by atoms with Gasteiger partial charge in [0, 0.05) is 0 Å². The maximum Gasteiger partial charge on any atom is 0.308 e. The Morgan fingerprint density at radius 2 is 1.96 bits per heavy atom. The third kappa shape index (κ3) is 5.15. The van der Waals surface area contributed by atoms with E-state index in [-0.39, 0.29) is 17.9 Å². The van der Waals surface area contributed by atoms with Gasteiger partial charge < -0.3 is 19.3 Å². The van der Waals surface area contributed by atoms with E-state index in [4.69, 9.17) is 9.47 Å². The fourth-order valence-corrected chi connectivity index (χ4v) is 4.01. The number of hydrogen-bond donors (Lipinski definition) is 2. The summed E-state index contributed by atoms with van der Waals surface area (Å²) in [6, 6.07) is 5.42. The number of carbonyl (C=O) groups is 1. The molecule has 1 aromatic rings. The van der Waals surface area contributed by atoms with Crippen molar-refractivity contribution in [1.29, 1.82) is 0 Å². The second-order valence-electron chi connectivity index (χ2n) is 5.74. The number of aliphatic hydroxyl groups excluding tert-OH is 1. The summed E-state index contributed by atoms with van der Waals surface area (Å²) < 4.78 is 42.8. The van der Waals surface area contributed by atoms with Gasteiger partial charge in [0.05, 0.1) is 50.4 Å². The van der Waals surface area contributed by atoms with Crippen LogP contribution in [0, 0.1) is 0 Å². The topological polar surface area (TPSA) is 111 Å². The summed E-state index contributed by atoms with van der Waals surface area (Å²) in [6.45, 7) is -0.354. The van der Waals surface area contributed by atoms with E-state index in [0.717, 1.165) is 0 Å². The van der Waals surface area contributed by atoms with Crippen LogP contribution in [0.1, 0.15) is 19.3 Å². The van der Waals surface area contributed by atoms with Crippen LogP contribution in [-0.4, -0.2) is 58.6 Å². The van der Waals surface area contributed by atoms with Crippen molar-refractivity contribution in [1.82, 2.24) is 4.72 Å². The molecule has 1 aromatic carbocycles. The van der Waals surface area contributed by atoms with Crippen LogP contribution in [0.15, 0.2) is 29.2 Å². The Hall–Kier alpha value is -1.68. The maximum absolute atomic E-state index is 12.5. The minimum absolute atomic E-state index is 0.0744. The lowest BCUT2D eigenvalue weighted by Crippen LogP contribution is -2.51. The van der Waals surface area contributed by atoms with Gasteiger partial charge in [0.1, 0.15) is 5.75 Å². The second kappa shape index (κ2) is 8.61. The van der Waals surface area contributed by atoms with Crippen LogP contribution < -0.4 is 9.46 Å². The molecule has 2 N–H and O–H groups in total. The van der Waals surface area contributed by atoms with Gasteiger partial charge in [0.2, 0.25) is 10.0 Å². The van der Waals surface area contributed by atoms with Crippen molar-refractivity contribution in [2.45, 2.75) is 42.4 Å². The molecule has 1 saturated heterocycles. The summed E-state index contributed by atoms with van der Waals surface area (Å²) in [4.78, 5) is 11.4. The highest BCUT2D eigenvalue weighted by atomic mass is 32.2. The van der Waals surface area contributed by atoms with E-state index in [1.165, 1.54) is 26.4 Å². The lowest BCUT2D eigenvalue weighted by atomic mass is 9.98. The molecule has 3 atom stereocenters. The molecule has 1 aliphatic heterocycles. The van der Waals surface area contributed by atoms with E-state index in [1.807, 2.05) is 0 Å². The van der Waals surface area contributed by atoms with Crippen molar-refractivity contribution in [3.63, 3.8) is 0 Å². The van der Waals surface area contributed by atoms with E-state index in [9.17, 15) is 18.3 Å². The fraction of sp³-hybridized carbons (Fsp3) is 0.562. The highest BCUT2D eigenvalue weighted by Gasteiger charge is 2.34. The van der Waals surface area contributed by atoms with E-state index in [0.29, 0.717) is 18.6 Å². The molecule has 0 bridgehead atoms. The van der Waals surface area contributed by atoms with Crippen molar-refractivity contribution < 1.29 is 32.5 Å². The van der Waals surface area contributed by atoms with Crippen molar-refractivity contribution in [2.75, 3.05) is 20.8 Å². The molecule has 1 aliphatic rings. The SMILES string of the molecule is COC(=O)C[C@@H]1CC[C@@H](NS(=O)(=O)c2ccc(OC)cc2)[C@@H](CO)O1. The first-order chi connectivity index (χ1) is 11.9. The first-order valence-corrected chi connectivity index (χ1v) is 9.37. The Morgan fingerprint density at radius 1 is 1.28 bits per heavy atom. The van der Waals surface area contributed by atoms with E-state index in [2.05, 4.69) is 9.46 Å². The molecule has 9 heteroatoms. The Labute approximate surface area is 147 Å². The van der Waals surface area contributed by atoms with Gasteiger partial charge in [0.15, 0.2) is 0 Å². The molecule has 0 radical (unpaired) electrons. The normalized spacial score (nSPS) is 23.9. The largest absolute Gasteiger partial charge is 0.497 e. The zero-order valence-corrected chi connectivity index (χ0v) is 15.0. The van der Waals surface area contributed by atoms with Crippen LogP contribution in [0.4, 0.5) is 0 Å². The first kappa shape index (κ1) is 19.6. The number of nitrogens with one attached hydrogen (secondary N) is 1. The molecular weight excluding hydrogens is 350 g/mol. The molecule has 0 aromatic heterocycles. The van der Waals surface area contributed by atoms with Crippen molar-refractivity contribution >= 4 is 16.0 Å². The number of hydrogen-bond acceptors (Lipinski definition) is 7. The summed E-state index contributed by atoms with van der Waals surface area (Å²) in [5, 5.41) is 9.51. The number of benzene rings is 1. The van der Waals surface area contributed by atoms with Crippen molar-refractivity contribution in [3.8, 4) is 5.75 Å². The molecule has 25 heavy (non-hydrogen) atoms. The summed E-state index contributed by atoms with van der Waals surface area (Å²) in [7, 11) is -0.972. The summed E-state index contributed by atoms with van der Waals surface area (Å²) in [6.07, 6.45) is -0.114. The number of methoxy groups -OCH3 is 2. The Balaban J connectivity index is 2.04. The fourth-order valence-electron chi connectivity index (χ4n) is 2.71. The molecule has 0 spiro atoms. The molecule has 0 saturated carbocycles. The zero-order chi connectivity index (χ0) is 18.4. The number of carbonyl (C=O) groups excluding carboxylic acids is 1. The smallest absolute Gasteiger partial charge is 0.308 e. The minimum atomic E-state index is -3.76. The Bertz CT molecular complexity index is 674. The number of esters is 1. The molecular formula is C16H23NO7S. The predicted molar refractivity (Wildman–Crippen MR) is 88.7 cm³/mol. The Kier molecular flexibility index (Phi) is 6.77. The van der Waals surface area contributed by atoms with Crippen LogP contribution in [-0.2, 0) is 24.3 Å². The molecule has 1 fully saturated rings. The second-order valence-corrected chi connectivity index (χ2v) is 7.45. The molecule has 2 rings (SSSR count). The summed E-state index contributed by atoms with van der Waals surface area (Å²) >= 11 is 0. The van der Waals surface area contributed by atoms with Gasteiger partial charge in [-0.15, -0.1) is 0 Å². The number of rotatable bonds is 7. The van der Waals surface area contributed by atoms with Crippen LogP contribution in [0.5, 0.6) is 5.75 Å². The quantitative estimate of drug-likeness (QED) is 0.667. The average Bonchev–Trinajstić information content (AvgIpc) is 2.62. The molecule has 140 valence electrons. The summed E-state index contributed by atoms with van der Waals surface area (Å²) in [5.74, 6) is 0.151. The molecule has 1 heterocycles. The predicted octanol–water partition coefficient (Wildman–Crippen LogP) is 0.445. The average molecular weight is 373 g/mol. The first-order valence-electron chi connectivity index (χ1n) is 7.89. The lowest BCUT2D eigenvalue weighted by molar-refractivity contribution is -0.149. The van der Waals surface area contributed by atoms with Gasteiger partial charge >= 0.3 is 5.97 Å². The van der Waals surface area contributed by atoms with Crippen molar-refractivity contribution in [3.05, 3.63) is 24.3 Å². The van der Waals surface area contributed by atoms with Crippen LogP contribution >= 0.6 is 0 Å². The van der Waals surface area contributed by atoms with Gasteiger partial charge in [-0.3, -0.25) is 4.79 Å². The van der Waals surface area contributed by atoms with Gasteiger partial charge in [-0.2, -0.15) is 0 Å². The van der Waals surface area contributed by atoms with Gasteiger partial charge in [-0.1, -0.05) is 0 Å². The molecule has 0 amide bonds. The van der Waals surface area contributed by atoms with Crippen molar-refractivity contribution in [2.24, 2.45) is 0 Å². The van der Waals surface area contributed by atoms with Crippen LogP contribution in [0.25, 0.3) is 0 Å². The number of aliphatic hydroxyl groups is 1. The van der Waals surface area contributed by atoms with Gasteiger partial charge in [-0.05, 0) is 37.1 Å². The highest BCUT2D eigenvalue weighted by molar-refractivity contribution is 7.89. The Morgan fingerprint density at radius 3 is 2.52 bits per heavy atom. The standard InChI is InChI=1S/C16H23NO7S/c1-22-11-3-6-13(7-4-11)25(20,21)17-14-8-5-12(9-16(19)23-2)24-15(14)10-18/h3-4,6-7,12,14-15,17-18H,5,8-10H2,1-2H3/t12-,14+,15+/m0/s1. The molecule has 8 nitrogen and oxygen atoms in total. The lowest BCUT2D eigenvalue weighted by Gasteiger charge is -2.35. The summed E-state index contributed by atoms with van der Waals surface area (Å²) in [5.41, 5.74) is 0. The van der Waals surface area contributed by atoms with Crippen LogP contribution in [0.2, 0.25) is 0 Å². The third-order valence-corrected chi connectivity index (χ3v) is 5.60. The van der Waals surface area contributed by atoms with E-state index in [1.54, 1.807) is 12.1 Å². The van der Waals surface area contributed by atoms with Crippen LogP contribution in [0.3, 0.4) is 0 Å². The number of sulfonamides is 1. The van der Waals surface area contributed by atoms with E-state index < -0.39 is 34.2 Å². The zero-order valence-electron chi connectivity index (χ0n) is 14.2. The van der Waals surface area contributed by atoms with Gasteiger partial charge in [0.25, 0.3) is 0 Å². The third-order valence-electron chi connectivity index (χ3n) is 4.09. The molecule has 0 aliphatic carbocycles. The number of ether oxygens (including phenoxy) is 3. The van der Waals surface area contributed by atoms with Gasteiger partial charge in [-0.25, -0.2) is 13.1 Å².